The Balaban J connectivity index is 1.01. The number of fused-ring (bicyclic) bond motifs is 1. The van der Waals surface area contributed by atoms with Gasteiger partial charge in [0.1, 0.15) is 12.0 Å². The number of aromatic nitrogens is 2. The third kappa shape index (κ3) is 11.0. The number of benzene rings is 5. The fourth-order valence-corrected chi connectivity index (χ4v) is 9.23. The number of hydrogen-bond acceptors (Lipinski definition) is 11. The lowest BCUT2D eigenvalue weighted by molar-refractivity contribution is -0.384. The number of hydrogen-bond donors (Lipinski definition) is 2. The maximum absolute atomic E-state index is 13.7. The molecule has 0 aliphatic carbocycles. The van der Waals surface area contributed by atoms with Crippen molar-refractivity contribution in [2.75, 3.05) is 67.5 Å². The van der Waals surface area contributed by atoms with Crippen molar-refractivity contribution in [3.63, 3.8) is 0 Å². The van der Waals surface area contributed by atoms with Crippen LogP contribution in [0.3, 0.4) is 0 Å². The molecule has 0 spiro atoms. The maximum Gasteiger partial charge on any atom is 0.416 e. The Morgan fingerprint density at radius 2 is 1.61 bits per heavy atom. The quantitative estimate of drug-likeness (QED) is 0.0549. The van der Waals surface area contributed by atoms with Gasteiger partial charge in [0.2, 0.25) is 0 Å². The van der Waals surface area contributed by atoms with Crippen LogP contribution < -0.4 is 14.9 Å². The zero-order valence-electron chi connectivity index (χ0n) is 33.5. The number of anilines is 3. The van der Waals surface area contributed by atoms with Gasteiger partial charge in [-0.15, -0.1) is 11.8 Å². The molecule has 7 rings (SSSR count). The third-order valence-electron chi connectivity index (χ3n) is 10.5. The average Bonchev–Trinajstić information content (AvgIpc) is 3.25. The van der Waals surface area contributed by atoms with E-state index in [1.165, 1.54) is 30.6 Å². The maximum atomic E-state index is 13.7. The van der Waals surface area contributed by atoms with E-state index in [2.05, 4.69) is 29.8 Å². The van der Waals surface area contributed by atoms with Gasteiger partial charge in [0.25, 0.3) is 15.7 Å². The Kier molecular flexibility index (Phi) is 13.4. The SMILES string of the molecule is CN(C)CCC(CSc1ccccc1)Nc1ccc(S(=O)(=O)Nc2ncnc3cc(N4CCN(Cc5ccccc5-c5ccc(C(F)(F)F)cc5)CC4)ccc23)cc1[N+](=O)[O-]. The summed E-state index contributed by atoms with van der Waals surface area (Å²) in [4.78, 5) is 27.7. The van der Waals surface area contributed by atoms with E-state index in [1.807, 2.05) is 85.7 Å². The molecule has 6 aromatic rings. The van der Waals surface area contributed by atoms with Crippen LogP contribution in [0.5, 0.6) is 0 Å². The largest absolute Gasteiger partial charge is 0.416 e. The second-order valence-corrected chi connectivity index (χ2v) is 17.8. The number of nitro groups is 1. The summed E-state index contributed by atoms with van der Waals surface area (Å²) in [5.74, 6) is 0.682. The van der Waals surface area contributed by atoms with Gasteiger partial charge in [-0.2, -0.15) is 13.2 Å². The highest BCUT2D eigenvalue weighted by Gasteiger charge is 2.30. The average molecular weight is 871 g/mol. The molecule has 1 aliphatic heterocycles. The number of rotatable bonds is 16. The number of piperazine rings is 1. The summed E-state index contributed by atoms with van der Waals surface area (Å²) in [7, 11) is -0.389. The highest BCUT2D eigenvalue weighted by molar-refractivity contribution is 7.99. The molecule has 1 atom stereocenters. The van der Waals surface area contributed by atoms with Crippen LogP contribution in [0.4, 0.5) is 36.1 Å². The van der Waals surface area contributed by atoms with Gasteiger partial charge in [-0.1, -0.05) is 54.6 Å². The van der Waals surface area contributed by atoms with E-state index < -0.39 is 26.7 Å². The zero-order chi connectivity index (χ0) is 43.1. The monoisotopic (exact) mass is 870 g/mol. The van der Waals surface area contributed by atoms with Crippen molar-refractivity contribution < 1.29 is 26.5 Å². The number of sulfonamides is 1. The van der Waals surface area contributed by atoms with Crippen LogP contribution in [0.1, 0.15) is 17.5 Å². The molecular weight excluding hydrogens is 826 g/mol. The Bertz CT molecular complexity index is 2580. The summed E-state index contributed by atoms with van der Waals surface area (Å²) in [6, 6.07) is 32.1. The van der Waals surface area contributed by atoms with Crippen molar-refractivity contribution in [3.8, 4) is 11.1 Å². The fourth-order valence-electron chi connectivity index (χ4n) is 7.19. The highest BCUT2D eigenvalue weighted by Crippen LogP contribution is 2.34. The lowest BCUT2D eigenvalue weighted by Crippen LogP contribution is -2.46. The molecule has 1 unspecified atom stereocenters. The number of alkyl halides is 3. The van der Waals surface area contributed by atoms with Gasteiger partial charge in [-0.05, 0) is 98.3 Å². The lowest BCUT2D eigenvalue weighted by atomic mass is 9.98. The van der Waals surface area contributed by atoms with E-state index in [0.717, 1.165) is 65.1 Å². The van der Waals surface area contributed by atoms with Crippen molar-refractivity contribution in [1.82, 2.24) is 19.8 Å². The molecule has 2 N–H and O–H groups in total. The van der Waals surface area contributed by atoms with E-state index in [1.54, 1.807) is 17.8 Å². The Morgan fingerprint density at radius 3 is 2.31 bits per heavy atom. The summed E-state index contributed by atoms with van der Waals surface area (Å²) in [5, 5.41) is 16.1. The van der Waals surface area contributed by atoms with Gasteiger partial charge in [-0.25, -0.2) is 18.4 Å². The van der Waals surface area contributed by atoms with Crippen molar-refractivity contribution in [2.24, 2.45) is 0 Å². The minimum Gasteiger partial charge on any atom is -0.376 e. The molecule has 12 nitrogen and oxygen atoms in total. The number of thioether (sulfide) groups is 1. The molecule has 61 heavy (non-hydrogen) atoms. The van der Waals surface area contributed by atoms with Gasteiger partial charge in [0.05, 0.1) is 20.9 Å². The minimum atomic E-state index is -4.39. The Morgan fingerprint density at radius 1 is 0.885 bits per heavy atom. The van der Waals surface area contributed by atoms with Crippen LogP contribution in [0.15, 0.2) is 131 Å². The van der Waals surface area contributed by atoms with Crippen LogP contribution in [-0.2, 0) is 22.7 Å². The first kappa shape index (κ1) is 43.3. The van der Waals surface area contributed by atoms with Gasteiger partial charge in [0.15, 0.2) is 5.82 Å². The molecule has 2 heterocycles. The second kappa shape index (κ2) is 18.9. The molecule has 1 aliphatic rings. The molecule has 5 aromatic carbocycles. The molecule has 0 radical (unpaired) electrons. The van der Waals surface area contributed by atoms with E-state index >= 15 is 0 Å². The Hall–Kier alpha value is -5.75. The first-order chi connectivity index (χ1) is 29.2. The number of nitro benzene ring substituents is 1. The fraction of sp³-hybridized carbons (Fsp3) is 0.273. The molecular formula is C44H45F3N8O4S2. The van der Waals surface area contributed by atoms with Crippen LogP contribution in [0.2, 0.25) is 0 Å². The lowest BCUT2D eigenvalue weighted by Gasteiger charge is -2.36. The predicted octanol–water partition coefficient (Wildman–Crippen LogP) is 8.87. The van der Waals surface area contributed by atoms with Gasteiger partial charge in [0, 0.05) is 66.6 Å². The molecule has 0 saturated carbocycles. The smallest absolute Gasteiger partial charge is 0.376 e. The summed E-state index contributed by atoms with van der Waals surface area (Å²) < 4.78 is 69.5. The van der Waals surface area contributed by atoms with Crippen molar-refractivity contribution >= 4 is 55.6 Å². The van der Waals surface area contributed by atoms with Gasteiger partial charge < -0.3 is 15.1 Å². The highest BCUT2D eigenvalue weighted by atomic mass is 32.2. The van der Waals surface area contributed by atoms with E-state index in [4.69, 9.17) is 0 Å². The first-order valence-electron chi connectivity index (χ1n) is 19.6. The van der Waals surface area contributed by atoms with Crippen molar-refractivity contribution in [1.29, 1.82) is 0 Å². The number of nitrogens with one attached hydrogen (secondary N) is 2. The molecule has 1 aromatic heterocycles. The van der Waals surface area contributed by atoms with E-state index in [-0.39, 0.29) is 28.1 Å². The van der Waals surface area contributed by atoms with Gasteiger partial charge in [-0.3, -0.25) is 19.7 Å². The van der Waals surface area contributed by atoms with Crippen LogP contribution in [0.25, 0.3) is 22.0 Å². The van der Waals surface area contributed by atoms with Gasteiger partial charge >= 0.3 is 6.18 Å². The second-order valence-electron chi connectivity index (χ2n) is 15.0. The molecule has 1 saturated heterocycles. The molecule has 17 heteroatoms. The number of nitrogens with zero attached hydrogens (tertiary/aromatic N) is 6. The number of halogens is 3. The predicted molar refractivity (Wildman–Crippen MR) is 236 cm³/mol. The zero-order valence-corrected chi connectivity index (χ0v) is 35.2. The first-order valence-corrected chi connectivity index (χ1v) is 22.1. The Labute approximate surface area is 357 Å². The van der Waals surface area contributed by atoms with Crippen molar-refractivity contribution in [2.45, 2.75) is 35.0 Å². The van der Waals surface area contributed by atoms with E-state index in [9.17, 15) is 31.7 Å². The normalized spacial score (nSPS) is 14.3. The third-order valence-corrected chi connectivity index (χ3v) is 13.0. The summed E-state index contributed by atoms with van der Waals surface area (Å²) >= 11 is 1.64. The standard InChI is InChI=1S/C44H45F3N8O4S2/c1-52(2)21-20-34(29-60-36-9-4-3-5-10-36)50-40-19-17-37(27-42(40)55(56)57)61(58,59)51-43-39-18-16-35(26-41(39)48-30-49-43)54-24-22-53(23-25-54)28-32-8-6-7-11-38(32)31-12-14-33(15-13-31)44(45,46)47/h3-19,26-27,30,34,50H,20-25,28-29H2,1-2H3,(H,48,49,51). The minimum absolute atomic E-state index is 0.0413. The topological polar surface area (TPSA) is 137 Å². The van der Waals surface area contributed by atoms with Crippen molar-refractivity contribution in [3.05, 3.63) is 143 Å². The summed E-state index contributed by atoms with van der Waals surface area (Å²) in [6.45, 7) is 4.25. The summed E-state index contributed by atoms with van der Waals surface area (Å²) in [6.07, 6.45) is -2.42. The van der Waals surface area contributed by atoms with Crippen LogP contribution in [0, 0.1) is 10.1 Å². The van der Waals surface area contributed by atoms with Crippen LogP contribution >= 0.6 is 11.8 Å². The molecule has 1 fully saturated rings. The molecule has 0 amide bonds. The molecule has 0 bridgehead atoms. The summed E-state index contributed by atoms with van der Waals surface area (Å²) in [5.41, 5.74) is 3.24. The van der Waals surface area contributed by atoms with Crippen LogP contribution in [-0.4, -0.2) is 91.7 Å². The molecule has 318 valence electrons. The van der Waals surface area contributed by atoms with E-state index in [0.29, 0.717) is 42.7 Å².